The van der Waals surface area contributed by atoms with E-state index in [2.05, 4.69) is 33.2 Å². The first kappa shape index (κ1) is 19.2. The molecule has 0 aliphatic rings. The van der Waals surface area contributed by atoms with Crippen molar-refractivity contribution in [3.05, 3.63) is 57.7 Å². The van der Waals surface area contributed by atoms with Crippen molar-refractivity contribution in [2.24, 2.45) is 0 Å². The maximum Gasteiger partial charge on any atom is 0.243 e. The Kier molecular flexibility index (Phi) is 7.24. The molecule has 0 aromatic heterocycles. The van der Waals surface area contributed by atoms with Gasteiger partial charge in [-0.3, -0.25) is 9.59 Å². The zero-order chi connectivity index (χ0) is 18.2. The number of hydrogen-bond donors (Lipinski definition) is 2. The molecule has 132 valence electrons. The number of carbonyl (C=O) groups excluding carboxylic acids is 2. The molecule has 25 heavy (non-hydrogen) atoms. The molecule has 0 spiro atoms. The van der Waals surface area contributed by atoms with Gasteiger partial charge in [0, 0.05) is 35.5 Å². The van der Waals surface area contributed by atoms with Crippen molar-refractivity contribution in [1.82, 2.24) is 4.90 Å². The van der Waals surface area contributed by atoms with Gasteiger partial charge in [-0.05, 0) is 71.0 Å². The van der Waals surface area contributed by atoms with Gasteiger partial charge >= 0.3 is 0 Å². The highest BCUT2D eigenvalue weighted by Crippen LogP contribution is 2.14. The first-order valence-electron chi connectivity index (χ1n) is 8.02. The van der Waals surface area contributed by atoms with E-state index >= 15 is 0 Å². The smallest absolute Gasteiger partial charge is 0.243 e. The SMILES string of the molecule is CN(C)C(=O)CCc1cccc(NC(=O)CNc2ccc(I)cc2)c1. The predicted molar refractivity (Wildman–Crippen MR) is 110 cm³/mol. The highest BCUT2D eigenvalue weighted by Gasteiger charge is 2.06. The number of benzene rings is 2. The Hall–Kier alpha value is -2.09. The standard InChI is InChI=1S/C19H22IN3O2/c1-23(2)19(25)11-6-14-4-3-5-17(12-14)22-18(24)13-21-16-9-7-15(20)8-10-16/h3-5,7-10,12,21H,6,11,13H2,1-2H3,(H,22,24). The Morgan fingerprint density at radius 1 is 1.04 bits per heavy atom. The fraction of sp³-hybridized carbons (Fsp3) is 0.263. The molecular weight excluding hydrogens is 429 g/mol. The second kappa shape index (κ2) is 9.41. The first-order chi connectivity index (χ1) is 11.9. The van der Waals surface area contributed by atoms with Crippen molar-refractivity contribution in [3.8, 4) is 0 Å². The van der Waals surface area contributed by atoms with E-state index in [0.717, 1.165) is 20.5 Å². The second-order valence-electron chi connectivity index (χ2n) is 5.90. The predicted octanol–water partition coefficient (Wildman–Crippen LogP) is 3.36. The summed E-state index contributed by atoms with van der Waals surface area (Å²) in [4.78, 5) is 25.3. The maximum atomic E-state index is 12.1. The molecule has 2 aromatic carbocycles. The quantitative estimate of drug-likeness (QED) is 0.635. The summed E-state index contributed by atoms with van der Waals surface area (Å²) in [5.41, 5.74) is 2.68. The van der Waals surface area contributed by atoms with Crippen molar-refractivity contribution in [2.45, 2.75) is 12.8 Å². The molecule has 2 aromatic rings. The molecule has 0 heterocycles. The zero-order valence-electron chi connectivity index (χ0n) is 14.4. The van der Waals surface area contributed by atoms with Crippen molar-refractivity contribution >= 4 is 45.8 Å². The van der Waals surface area contributed by atoms with Crippen LogP contribution in [0, 0.1) is 3.57 Å². The summed E-state index contributed by atoms with van der Waals surface area (Å²) in [5, 5.41) is 5.97. The minimum absolute atomic E-state index is 0.0937. The average molecular weight is 451 g/mol. The third-order valence-corrected chi connectivity index (χ3v) is 4.35. The van der Waals surface area contributed by atoms with Crippen LogP contribution in [0.5, 0.6) is 0 Å². The summed E-state index contributed by atoms with van der Waals surface area (Å²) < 4.78 is 1.15. The molecule has 0 atom stereocenters. The van der Waals surface area contributed by atoms with E-state index in [-0.39, 0.29) is 18.4 Å². The molecule has 5 nitrogen and oxygen atoms in total. The van der Waals surface area contributed by atoms with Gasteiger partial charge in [-0.25, -0.2) is 0 Å². The molecule has 0 unspecified atom stereocenters. The minimum Gasteiger partial charge on any atom is -0.376 e. The summed E-state index contributed by atoms with van der Waals surface area (Å²) in [5.74, 6) is -0.0174. The molecule has 2 rings (SSSR count). The first-order valence-corrected chi connectivity index (χ1v) is 9.10. The van der Waals surface area contributed by atoms with Crippen molar-refractivity contribution in [3.63, 3.8) is 0 Å². The lowest BCUT2D eigenvalue weighted by Crippen LogP contribution is -2.22. The lowest BCUT2D eigenvalue weighted by atomic mass is 10.1. The second-order valence-corrected chi connectivity index (χ2v) is 7.14. The molecule has 0 radical (unpaired) electrons. The van der Waals surface area contributed by atoms with Gasteiger partial charge in [0.15, 0.2) is 0 Å². The molecular formula is C19H22IN3O2. The lowest BCUT2D eigenvalue weighted by molar-refractivity contribution is -0.128. The maximum absolute atomic E-state index is 12.1. The number of hydrogen-bond acceptors (Lipinski definition) is 3. The largest absolute Gasteiger partial charge is 0.376 e. The van der Waals surface area contributed by atoms with E-state index in [1.165, 1.54) is 0 Å². The summed E-state index contributed by atoms with van der Waals surface area (Å²) >= 11 is 2.24. The molecule has 2 amide bonds. The van der Waals surface area contributed by atoms with Crippen LogP contribution in [0.2, 0.25) is 0 Å². The number of nitrogens with zero attached hydrogens (tertiary/aromatic N) is 1. The summed E-state index contributed by atoms with van der Waals surface area (Å²) in [7, 11) is 3.50. The van der Waals surface area contributed by atoms with Crippen LogP contribution < -0.4 is 10.6 Å². The van der Waals surface area contributed by atoms with Crippen molar-refractivity contribution in [2.75, 3.05) is 31.3 Å². The fourth-order valence-electron chi connectivity index (χ4n) is 2.23. The molecule has 0 saturated heterocycles. The number of nitrogens with one attached hydrogen (secondary N) is 2. The number of halogens is 1. The van der Waals surface area contributed by atoms with E-state index in [9.17, 15) is 9.59 Å². The molecule has 0 aliphatic heterocycles. The van der Waals surface area contributed by atoms with Gasteiger partial charge in [0.25, 0.3) is 0 Å². The third-order valence-electron chi connectivity index (χ3n) is 3.63. The van der Waals surface area contributed by atoms with Crippen LogP contribution in [0.4, 0.5) is 11.4 Å². The van der Waals surface area contributed by atoms with E-state index in [0.29, 0.717) is 12.8 Å². The van der Waals surface area contributed by atoms with Gasteiger partial charge < -0.3 is 15.5 Å². The monoisotopic (exact) mass is 451 g/mol. The van der Waals surface area contributed by atoms with E-state index in [4.69, 9.17) is 0 Å². The Morgan fingerprint density at radius 3 is 2.44 bits per heavy atom. The lowest BCUT2D eigenvalue weighted by Gasteiger charge is -2.11. The Labute approximate surface area is 161 Å². The molecule has 0 bridgehead atoms. The molecule has 2 N–H and O–H groups in total. The highest BCUT2D eigenvalue weighted by atomic mass is 127. The zero-order valence-corrected chi connectivity index (χ0v) is 16.5. The van der Waals surface area contributed by atoms with Gasteiger partial charge in [0.2, 0.25) is 11.8 Å². The Balaban J connectivity index is 1.84. The molecule has 0 fully saturated rings. The van der Waals surface area contributed by atoms with Crippen LogP contribution in [0.15, 0.2) is 48.5 Å². The van der Waals surface area contributed by atoms with Crippen LogP contribution in [0.25, 0.3) is 0 Å². The molecule has 0 saturated carbocycles. The van der Waals surface area contributed by atoms with Crippen LogP contribution in [0.1, 0.15) is 12.0 Å². The Bertz CT molecular complexity index is 730. The minimum atomic E-state index is -0.111. The summed E-state index contributed by atoms with van der Waals surface area (Å²) in [6.45, 7) is 0.198. The van der Waals surface area contributed by atoms with Gasteiger partial charge in [0.05, 0.1) is 6.54 Å². The van der Waals surface area contributed by atoms with E-state index < -0.39 is 0 Å². The number of amides is 2. The van der Waals surface area contributed by atoms with Crippen molar-refractivity contribution < 1.29 is 9.59 Å². The van der Waals surface area contributed by atoms with Crippen LogP contribution in [-0.2, 0) is 16.0 Å². The van der Waals surface area contributed by atoms with Crippen LogP contribution in [-0.4, -0.2) is 37.4 Å². The number of aryl methyl sites for hydroxylation is 1. The number of rotatable bonds is 7. The topological polar surface area (TPSA) is 61.4 Å². The highest BCUT2D eigenvalue weighted by molar-refractivity contribution is 14.1. The fourth-order valence-corrected chi connectivity index (χ4v) is 2.59. The van der Waals surface area contributed by atoms with E-state index in [1.807, 2.05) is 48.5 Å². The van der Waals surface area contributed by atoms with Crippen molar-refractivity contribution in [1.29, 1.82) is 0 Å². The Morgan fingerprint density at radius 2 is 1.76 bits per heavy atom. The van der Waals surface area contributed by atoms with E-state index in [1.54, 1.807) is 19.0 Å². The average Bonchev–Trinajstić information content (AvgIpc) is 2.59. The third kappa shape index (κ3) is 6.74. The van der Waals surface area contributed by atoms with Gasteiger partial charge in [-0.15, -0.1) is 0 Å². The van der Waals surface area contributed by atoms with Gasteiger partial charge in [-0.1, -0.05) is 12.1 Å². The molecule has 0 aliphatic carbocycles. The van der Waals surface area contributed by atoms with Crippen LogP contribution in [0.3, 0.4) is 0 Å². The van der Waals surface area contributed by atoms with Crippen LogP contribution >= 0.6 is 22.6 Å². The number of carbonyl (C=O) groups is 2. The summed E-state index contributed by atoms with van der Waals surface area (Å²) in [6.07, 6.45) is 1.11. The van der Waals surface area contributed by atoms with Gasteiger partial charge in [-0.2, -0.15) is 0 Å². The number of anilines is 2. The van der Waals surface area contributed by atoms with Gasteiger partial charge in [0.1, 0.15) is 0 Å². The summed E-state index contributed by atoms with van der Waals surface area (Å²) in [6, 6.07) is 15.5. The normalized spacial score (nSPS) is 10.2. The molecule has 6 heteroatoms.